The summed E-state index contributed by atoms with van der Waals surface area (Å²) in [6.07, 6.45) is 9.22. The molecule has 1 aliphatic rings. The van der Waals surface area contributed by atoms with Crippen molar-refractivity contribution in [1.29, 1.82) is 0 Å². The summed E-state index contributed by atoms with van der Waals surface area (Å²) in [5.41, 5.74) is 9.83. The number of benzene rings is 1. The van der Waals surface area contributed by atoms with Gasteiger partial charge in [-0.05, 0) is 49.2 Å². The molecule has 182 valence electrons. The van der Waals surface area contributed by atoms with Crippen LogP contribution in [0.3, 0.4) is 0 Å². The Kier molecular flexibility index (Phi) is 7.57. The van der Waals surface area contributed by atoms with Crippen LogP contribution in [0.1, 0.15) is 35.6 Å². The summed E-state index contributed by atoms with van der Waals surface area (Å²) in [5.74, 6) is 0.722. The number of piperidine rings is 1. The predicted molar refractivity (Wildman–Crippen MR) is 141 cm³/mol. The van der Waals surface area contributed by atoms with Gasteiger partial charge in [0.2, 0.25) is 0 Å². The molecule has 1 fully saturated rings. The number of hydrogen-bond donors (Lipinski definition) is 2. The molecule has 0 amide bonds. The van der Waals surface area contributed by atoms with Gasteiger partial charge in [-0.2, -0.15) is 10.2 Å². The fourth-order valence-electron chi connectivity index (χ4n) is 4.01. The summed E-state index contributed by atoms with van der Waals surface area (Å²) in [6, 6.07) is 11.4. The van der Waals surface area contributed by atoms with Gasteiger partial charge >= 0.3 is 0 Å². The van der Waals surface area contributed by atoms with Gasteiger partial charge in [-0.3, -0.25) is 14.5 Å². The number of aliphatic imine (C=N–C) groups is 1. The lowest BCUT2D eigenvalue weighted by molar-refractivity contribution is 0.343. The molecule has 2 aromatic heterocycles. The predicted octanol–water partition coefficient (Wildman–Crippen LogP) is 2.52. The van der Waals surface area contributed by atoms with Gasteiger partial charge in [-0.1, -0.05) is 24.8 Å². The summed E-state index contributed by atoms with van der Waals surface area (Å²) < 4.78 is 3.48. The minimum atomic E-state index is -0.152. The highest BCUT2D eigenvalue weighted by molar-refractivity contribution is 6.10. The van der Waals surface area contributed by atoms with E-state index in [1.165, 1.54) is 16.9 Å². The molecule has 0 aliphatic carbocycles. The molecule has 3 aromatic rings. The smallest absolute Gasteiger partial charge is 0.267 e. The van der Waals surface area contributed by atoms with E-state index in [1.807, 2.05) is 60.3 Å². The van der Waals surface area contributed by atoms with Gasteiger partial charge in [-0.15, -0.1) is 0 Å². The van der Waals surface area contributed by atoms with Crippen LogP contribution in [0.5, 0.6) is 0 Å². The molecule has 9 heteroatoms. The number of allylic oxidation sites excluding steroid dienone is 1. The maximum atomic E-state index is 12.3. The highest BCUT2D eigenvalue weighted by Gasteiger charge is 2.16. The fraction of sp³-hybridized carbons (Fsp3) is 0.308. The van der Waals surface area contributed by atoms with Crippen molar-refractivity contribution in [2.45, 2.75) is 25.4 Å². The third-order valence-electron chi connectivity index (χ3n) is 6.06. The molecule has 0 bridgehead atoms. The number of nitrogens with zero attached hydrogens (tertiary/aromatic N) is 6. The van der Waals surface area contributed by atoms with Crippen LogP contribution in [0.2, 0.25) is 0 Å². The zero-order valence-electron chi connectivity index (χ0n) is 20.3. The van der Waals surface area contributed by atoms with E-state index in [0.29, 0.717) is 18.3 Å². The number of hydrogen-bond acceptors (Lipinski definition) is 7. The molecule has 1 aliphatic heterocycles. The molecular weight excluding hydrogens is 440 g/mol. The maximum absolute atomic E-state index is 12.3. The molecule has 3 N–H and O–H groups in total. The lowest BCUT2D eigenvalue weighted by atomic mass is 10.1. The van der Waals surface area contributed by atoms with E-state index in [2.05, 4.69) is 27.1 Å². The minimum absolute atomic E-state index is 0.152. The van der Waals surface area contributed by atoms with Gasteiger partial charge in [-0.25, -0.2) is 4.68 Å². The zero-order chi connectivity index (χ0) is 24.8. The Morgan fingerprint density at radius 1 is 1.26 bits per heavy atom. The van der Waals surface area contributed by atoms with E-state index in [9.17, 15) is 4.79 Å². The van der Waals surface area contributed by atoms with Crippen LogP contribution in [0.15, 0.2) is 71.4 Å². The first-order valence-corrected chi connectivity index (χ1v) is 11.7. The van der Waals surface area contributed by atoms with E-state index in [-0.39, 0.29) is 5.56 Å². The largest absolute Gasteiger partial charge is 0.404 e. The van der Waals surface area contributed by atoms with Crippen LogP contribution >= 0.6 is 0 Å². The Bertz CT molecular complexity index is 1290. The monoisotopic (exact) mass is 472 g/mol. The van der Waals surface area contributed by atoms with Gasteiger partial charge < -0.3 is 16.0 Å². The number of anilines is 1. The highest BCUT2D eigenvalue weighted by Crippen LogP contribution is 2.21. The second-order valence-electron chi connectivity index (χ2n) is 8.80. The molecule has 0 radical (unpaired) electrons. The van der Waals surface area contributed by atoms with Crippen molar-refractivity contribution in [2.75, 3.05) is 32.1 Å². The number of nitrogens with two attached hydrogens (primary N) is 1. The first kappa shape index (κ1) is 24.2. The molecule has 0 atom stereocenters. The summed E-state index contributed by atoms with van der Waals surface area (Å²) in [6.45, 7) is 6.49. The first-order valence-electron chi connectivity index (χ1n) is 11.7. The summed E-state index contributed by atoms with van der Waals surface area (Å²) in [5, 5.41) is 12.3. The Hall–Kier alpha value is -3.98. The normalized spacial score (nSPS) is 15.0. The standard InChI is InChI=1S/C26H32N8O/c1-19(29-15-22(14-27)23-16-30-33(18-23)24-9-11-28-12-10-24)21-6-4-5-20(13-21)17-34-26(35)8-7-25(31-34)32(2)3/h4-8,13-16,18,24,28H,1,9-12,17,27H2,2-3H3/b22-14+,29-15?. The molecule has 0 spiro atoms. The average Bonchev–Trinajstić information content (AvgIpc) is 3.36. The molecule has 4 rings (SSSR count). The van der Waals surface area contributed by atoms with E-state index < -0.39 is 0 Å². The lowest BCUT2D eigenvalue weighted by Crippen LogP contribution is -2.29. The van der Waals surface area contributed by atoms with Crippen molar-refractivity contribution in [3.8, 4) is 0 Å². The average molecular weight is 473 g/mol. The summed E-state index contributed by atoms with van der Waals surface area (Å²) in [4.78, 5) is 18.7. The number of rotatable bonds is 8. The molecule has 9 nitrogen and oxygen atoms in total. The maximum Gasteiger partial charge on any atom is 0.267 e. The van der Waals surface area contributed by atoms with E-state index >= 15 is 0 Å². The second-order valence-corrected chi connectivity index (χ2v) is 8.80. The Balaban J connectivity index is 1.47. The van der Waals surface area contributed by atoms with Gasteiger partial charge in [0.25, 0.3) is 5.56 Å². The molecule has 35 heavy (non-hydrogen) atoms. The van der Waals surface area contributed by atoms with Crippen LogP contribution < -0.4 is 21.5 Å². The molecule has 3 heterocycles. The van der Waals surface area contributed by atoms with Crippen molar-refractivity contribution in [2.24, 2.45) is 10.7 Å². The Labute approximate surface area is 205 Å². The van der Waals surface area contributed by atoms with Gasteiger partial charge in [0.1, 0.15) is 5.82 Å². The number of nitrogens with one attached hydrogen (secondary N) is 1. The van der Waals surface area contributed by atoms with Crippen molar-refractivity contribution in [1.82, 2.24) is 24.9 Å². The highest BCUT2D eigenvalue weighted by atomic mass is 16.1. The summed E-state index contributed by atoms with van der Waals surface area (Å²) >= 11 is 0. The van der Waals surface area contributed by atoms with Gasteiger partial charge in [0, 0.05) is 49.9 Å². The molecule has 0 saturated carbocycles. The van der Waals surface area contributed by atoms with Gasteiger partial charge in [0.15, 0.2) is 0 Å². The lowest BCUT2D eigenvalue weighted by Gasteiger charge is -2.22. The topological polar surface area (TPSA) is 106 Å². The van der Waals surface area contributed by atoms with Gasteiger partial charge in [0.05, 0.1) is 24.5 Å². The Morgan fingerprint density at radius 3 is 2.80 bits per heavy atom. The zero-order valence-corrected chi connectivity index (χ0v) is 20.3. The SMILES string of the molecule is C=C(N=C/C(=C\N)c1cnn(C2CCNCC2)c1)c1cccc(Cn2nc(N(C)C)ccc2=O)c1. The van der Waals surface area contributed by atoms with Crippen LogP contribution in [0, 0.1) is 0 Å². The minimum Gasteiger partial charge on any atom is -0.404 e. The van der Waals surface area contributed by atoms with Crippen LogP contribution in [0.4, 0.5) is 5.82 Å². The molecule has 1 saturated heterocycles. The van der Waals surface area contributed by atoms with E-state index in [0.717, 1.165) is 54.0 Å². The van der Waals surface area contributed by atoms with Crippen LogP contribution in [0.25, 0.3) is 11.3 Å². The van der Waals surface area contributed by atoms with Crippen molar-refractivity contribution in [3.05, 3.63) is 88.6 Å². The summed E-state index contributed by atoms with van der Waals surface area (Å²) in [7, 11) is 3.78. The Morgan fingerprint density at radius 2 is 2.06 bits per heavy atom. The first-order chi connectivity index (χ1) is 16.9. The quantitative estimate of drug-likeness (QED) is 0.488. The van der Waals surface area contributed by atoms with Crippen molar-refractivity contribution >= 4 is 23.3 Å². The third-order valence-corrected chi connectivity index (χ3v) is 6.06. The molecule has 0 unspecified atom stereocenters. The molecule has 1 aromatic carbocycles. The number of aromatic nitrogens is 4. The van der Waals surface area contributed by atoms with E-state index in [1.54, 1.807) is 12.3 Å². The van der Waals surface area contributed by atoms with Crippen molar-refractivity contribution < 1.29 is 0 Å². The van der Waals surface area contributed by atoms with Crippen molar-refractivity contribution in [3.63, 3.8) is 0 Å². The van der Waals surface area contributed by atoms with Crippen LogP contribution in [-0.2, 0) is 6.54 Å². The molecular formula is C26H32N8O. The third kappa shape index (κ3) is 5.93. The fourth-order valence-corrected chi connectivity index (χ4v) is 4.01. The van der Waals surface area contributed by atoms with E-state index in [4.69, 9.17) is 5.73 Å². The second kappa shape index (κ2) is 11.0. The van der Waals surface area contributed by atoms with Crippen LogP contribution in [-0.4, -0.2) is 53.0 Å².